The number of aryl methyl sites for hydroxylation is 2. The van der Waals surface area contributed by atoms with E-state index in [1.165, 1.54) is 17.1 Å². The lowest BCUT2D eigenvalue weighted by molar-refractivity contribution is 0.601. The third kappa shape index (κ3) is 2.43. The normalized spacial score (nSPS) is 11.4. The van der Waals surface area contributed by atoms with Crippen LogP contribution in [0.2, 0.25) is 0 Å². The molecule has 0 aliphatic heterocycles. The van der Waals surface area contributed by atoms with E-state index in [-0.39, 0.29) is 10.7 Å². The lowest BCUT2D eigenvalue weighted by atomic mass is 10.3. The smallest absolute Gasteiger partial charge is 0.267 e. The van der Waals surface area contributed by atoms with Gasteiger partial charge < -0.3 is 5.73 Å². The third-order valence-corrected chi connectivity index (χ3v) is 3.66. The molecule has 2 aromatic rings. The van der Waals surface area contributed by atoms with Gasteiger partial charge in [-0.3, -0.25) is 14.4 Å². The highest BCUT2D eigenvalue weighted by atomic mass is 32.2. The summed E-state index contributed by atoms with van der Waals surface area (Å²) < 4.78 is 27.9. The monoisotopic (exact) mass is 267 g/mol. The summed E-state index contributed by atoms with van der Waals surface area (Å²) >= 11 is 0. The Morgan fingerprint density at radius 3 is 2.72 bits per heavy atom. The van der Waals surface area contributed by atoms with Gasteiger partial charge in [-0.25, -0.2) is 8.42 Å². The number of hydrogen-bond donors (Lipinski definition) is 2. The molecule has 0 bridgehead atoms. The summed E-state index contributed by atoms with van der Waals surface area (Å²) in [6.07, 6.45) is 2.88. The number of rotatable bonds is 3. The Bertz CT molecular complexity index is 677. The van der Waals surface area contributed by atoms with Crippen molar-refractivity contribution in [3.8, 4) is 0 Å². The van der Waals surface area contributed by atoms with Crippen LogP contribution in [0.3, 0.4) is 0 Å². The van der Waals surface area contributed by atoms with E-state index in [1.807, 2.05) is 0 Å². The van der Waals surface area contributed by atoms with Crippen LogP contribution in [0.4, 0.5) is 11.5 Å². The molecule has 0 unspecified atom stereocenters. The van der Waals surface area contributed by atoms with Crippen molar-refractivity contribution in [3.63, 3.8) is 0 Å². The van der Waals surface area contributed by atoms with Crippen LogP contribution in [0.25, 0.3) is 0 Å². The summed E-state index contributed by atoms with van der Waals surface area (Å²) in [6, 6.07) is 3.20. The van der Waals surface area contributed by atoms with Crippen molar-refractivity contribution in [2.24, 2.45) is 7.05 Å². The molecule has 0 aromatic carbocycles. The molecular weight excluding hydrogens is 254 g/mol. The second-order valence-corrected chi connectivity index (χ2v) is 5.49. The third-order valence-electron chi connectivity index (χ3n) is 2.26. The molecule has 0 saturated heterocycles. The minimum Gasteiger partial charge on any atom is -0.381 e. The maximum atomic E-state index is 12.1. The van der Waals surface area contributed by atoms with Crippen molar-refractivity contribution in [2.45, 2.75) is 11.8 Å². The fraction of sp³-hybridized carbons (Fsp3) is 0.200. The summed E-state index contributed by atoms with van der Waals surface area (Å²) in [5, 5.41) is 3.80. The van der Waals surface area contributed by atoms with Crippen LogP contribution in [0, 0.1) is 6.92 Å². The molecule has 0 radical (unpaired) electrons. The quantitative estimate of drug-likeness (QED) is 0.843. The zero-order chi connectivity index (χ0) is 13.3. The van der Waals surface area contributed by atoms with Gasteiger partial charge >= 0.3 is 0 Å². The van der Waals surface area contributed by atoms with E-state index in [1.54, 1.807) is 26.1 Å². The molecular formula is C10H13N5O2S. The molecule has 8 heteroatoms. The Morgan fingerprint density at radius 2 is 2.17 bits per heavy atom. The van der Waals surface area contributed by atoms with E-state index in [4.69, 9.17) is 5.73 Å². The number of anilines is 2. The number of sulfonamides is 1. The largest absolute Gasteiger partial charge is 0.381 e. The Hall–Kier alpha value is -2.09. The molecule has 0 fully saturated rings. The number of aromatic nitrogens is 3. The Labute approximate surface area is 105 Å². The van der Waals surface area contributed by atoms with Crippen LogP contribution in [-0.4, -0.2) is 23.2 Å². The highest BCUT2D eigenvalue weighted by molar-refractivity contribution is 7.92. The molecule has 0 atom stereocenters. The van der Waals surface area contributed by atoms with Gasteiger partial charge in [-0.2, -0.15) is 5.10 Å². The van der Waals surface area contributed by atoms with Crippen molar-refractivity contribution in [2.75, 3.05) is 10.5 Å². The van der Waals surface area contributed by atoms with Gasteiger partial charge in [-0.15, -0.1) is 0 Å². The van der Waals surface area contributed by atoms with Crippen LogP contribution in [0.15, 0.2) is 29.4 Å². The molecule has 3 N–H and O–H groups in total. The molecule has 0 aliphatic carbocycles. The molecule has 0 aliphatic rings. The molecule has 96 valence electrons. The number of nitrogens with one attached hydrogen (secondary N) is 1. The first kappa shape index (κ1) is 12.4. The maximum absolute atomic E-state index is 12.1. The molecule has 2 aromatic heterocycles. The molecule has 0 saturated carbocycles. The zero-order valence-electron chi connectivity index (χ0n) is 9.95. The van der Waals surface area contributed by atoms with E-state index in [0.29, 0.717) is 11.4 Å². The van der Waals surface area contributed by atoms with Crippen LogP contribution in [0.1, 0.15) is 5.69 Å². The second kappa shape index (κ2) is 4.30. The summed E-state index contributed by atoms with van der Waals surface area (Å²) in [6.45, 7) is 1.77. The highest BCUT2D eigenvalue weighted by Gasteiger charge is 2.20. The molecule has 2 rings (SSSR count). The average Bonchev–Trinajstić information content (AvgIpc) is 2.58. The first-order valence-electron chi connectivity index (χ1n) is 5.13. The summed E-state index contributed by atoms with van der Waals surface area (Å²) in [4.78, 5) is 3.95. The number of nitrogen functional groups attached to an aromatic ring is 1. The number of hydrogen-bond acceptors (Lipinski definition) is 5. The van der Waals surface area contributed by atoms with Crippen LogP contribution < -0.4 is 10.5 Å². The van der Waals surface area contributed by atoms with E-state index in [9.17, 15) is 8.42 Å². The van der Waals surface area contributed by atoms with Crippen LogP contribution >= 0.6 is 0 Å². The lowest BCUT2D eigenvalue weighted by Gasteiger charge is -2.06. The van der Waals surface area contributed by atoms with Gasteiger partial charge in [0.2, 0.25) is 0 Å². The first-order chi connectivity index (χ1) is 8.38. The van der Waals surface area contributed by atoms with Gasteiger partial charge in [0.25, 0.3) is 10.0 Å². The van der Waals surface area contributed by atoms with Gasteiger partial charge in [0, 0.05) is 25.1 Å². The van der Waals surface area contributed by atoms with Crippen LogP contribution in [0.5, 0.6) is 0 Å². The first-order valence-corrected chi connectivity index (χ1v) is 6.61. The Morgan fingerprint density at radius 1 is 1.44 bits per heavy atom. The predicted octanol–water partition coefficient (Wildman–Crippen LogP) is 0.507. The van der Waals surface area contributed by atoms with Crippen molar-refractivity contribution < 1.29 is 8.42 Å². The topological polar surface area (TPSA) is 103 Å². The van der Waals surface area contributed by atoms with Gasteiger partial charge in [0.05, 0.1) is 5.69 Å². The molecule has 2 heterocycles. The Balaban J connectivity index is 2.36. The summed E-state index contributed by atoms with van der Waals surface area (Å²) in [7, 11) is -2.12. The van der Waals surface area contributed by atoms with Crippen molar-refractivity contribution >= 4 is 21.5 Å². The number of nitrogens with two attached hydrogens (primary N) is 1. The SMILES string of the molecule is Cc1cc(NS(=O)(=O)c2cn(C)nc2N)ccn1. The van der Waals surface area contributed by atoms with E-state index in [0.717, 1.165) is 0 Å². The van der Waals surface area contributed by atoms with E-state index >= 15 is 0 Å². The average molecular weight is 267 g/mol. The van der Waals surface area contributed by atoms with Gasteiger partial charge in [-0.05, 0) is 19.1 Å². The van der Waals surface area contributed by atoms with Gasteiger partial charge in [0.15, 0.2) is 5.82 Å². The fourth-order valence-corrected chi connectivity index (χ4v) is 2.66. The number of pyridine rings is 1. The minimum absolute atomic E-state index is 0.0317. The summed E-state index contributed by atoms with van der Waals surface area (Å²) in [5.74, 6) is -0.0317. The molecule has 7 nitrogen and oxygen atoms in total. The van der Waals surface area contributed by atoms with Gasteiger partial charge in [0.1, 0.15) is 4.90 Å². The van der Waals surface area contributed by atoms with Crippen LogP contribution in [-0.2, 0) is 17.1 Å². The van der Waals surface area contributed by atoms with E-state index in [2.05, 4.69) is 14.8 Å². The molecule has 0 amide bonds. The highest BCUT2D eigenvalue weighted by Crippen LogP contribution is 2.19. The predicted molar refractivity (Wildman–Crippen MR) is 67.4 cm³/mol. The maximum Gasteiger partial charge on any atom is 0.267 e. The minimum atomic E-state index is -3.73. The van der Waals surface area contributed by atoms with Crippen molar-refractivity contribution in [1.82, 2.24) is 14.8 Å². The standard InChI is InChI=1S/C10H13N5O2S/c1-7-5-8(3-4-12-7)14-18(16,17)9-6-15(2)13-10(9)11/h3-6H,1-2H3,(H2,11,13)(H,12,14). The second-order valence-electron chi connectivity index (χ2n) is 3.84. The van der Waals surface area contributed by atoms with Crippen molar-refractivity contribution in [1.29, 1.82) is 0 Å². The molecule has 0 spiro atoms. The van der Waals surface area contributed by atoms with Crippen molar-refractivity contribution in [3.05, 3.63) is 30.2 Å². The lowest BCUT2D eigenvalue weighted by Crippen LogP contribution is -2.14. The van der Waals surface area contributed by atoms with Gasteiger partial charge in [-0.1, -0.05) is 0 Å². The number of nitrogens with zero attached hydrogens (tertiary/aromatic N) is 3. The van der Waals surface area contributed by atoms with E-state index < -0.39 is 10.0 Å². The zero-order valence-corrected chi connectivity index (χ0v) is 10.8. The Kier molecular flexibility index (Phi) is 2.95. The summed E-state index contributed by atoms with van der Waals surface area (Å²) in [5.41, 5.74) is 6.70. The fourth-order valence-electron chi connectivity index (χ4n) is 1.51. The molecule has 18 heavy (non-hydrogen) atoms.